The topological polar surface area (TPSA) is 44.5 Å². The Kier molecular flexibility index (Phi) is 5.36. The lowest BCUT2D eigenvalue weighted by molar-refractivity contribution is 0.211. The Balaban J connectivity index is 1.91. The van der Waals surface area contributed by atoms with Gasteiger partial charge in [0, 0.05) is 0 Å². The van der Waals surface area contributed by atoms with Crippen LogP contribution in [0.4, 0.5) is 4.39 Å². The zero-order valence-electron chi connectivity index (χ0n) is 11.0. The van der Waals surface area contributed by atoms with Crippen molar-refractivity contribution in [2.75, 3.05) is 13.2 Å². The van der Waals surface area contributed by atoms with Gasteiger partial charge in [0.2, 0.25) is 0 Å². The highest BCUT2D eigenvalue weighted by atomic mass is 35.5. The Bertz CT molecular complexity index is 651. The van der Waals surface area contributed by atoms with Crippen LogP contribution in [0.5, 0.6) is 11.5 Å². The largest absolute Gasteiger partial charge is 0.489 e. The fourth-order valence-corrected chi connectivity index (χ4v) is 2.03. The molecule has 0 saturated heterocycles. The van der Waals surface area contributed by atoms with Crippen LogP contribution in [0.2, 0.25) is 5.02 Å². The lowest BCUT2D eigenvalue weighted by atomic mass is 10.2. The number of hydrogen-bond donors (Lipinski definition) is 1. The number of benzene rings is 2. The summed E-state index contributed by atoms with van der Waals surface area (Å²) < 4.78 is 24.4. The van der Waals surface area contributed by atoms with E-state index in [-0.39, 0.29) is 29.0 Å². The fraction of sp³-hybridized carbons (Fsp3) is 0.133. The van der Waals surface area contributed by atoms with Crippen molar-refractivity contribution in [1.82, 2.24) is 0 Å². The first-order chi connectivity index (χ1) is 10.1. The van der Waals surface area contributed by atoms with Crippen molar-refractivity contribution in [2.24, 2.45) is 5.73 Å². The summed E-state index contributed by atoms with van der Waals surface area (Å²) in [7, 11) is 0. The van der Waals surface area contributed by atoms with Crippen molar-refractivity contribution in [2.45, 2.75) is 0 Å². The Morgan fingerprint density at radius 1 is 1.05 bits per heavy atom. The number of hydrogen-bond acceptors (Lipinski definition) is 3. The van der Waals surface area contributed by atoms with E-state index in [0.717, 1.165) is 0 Å². The van der Waals surface area contributed by atoms with Gasteiger partial charge in [-0.05, 0) is 24.3 Å². The van der Waals surface area contributed by atoms with Crippen molar-refractivity contribution in [3.05, 3.63) is 58.9 Å². The van der Waals surface area contributed by atoms with E-state index in [1.54, 1.807) is 18.2 Å². The highest BCUT2D eigenvalue weighted by molar-refractivity contribution is 7.80. The van der Waals surface area contributed by atoms with Crippen LogP contribution >= 0.6 is 23.8 Å². The summed E-state index contributed by atoms with van der Waals surface area (Å²) >= 11 is 10.6. The minimum Gasteiger partial charge on any atom is -0.489 e. The first-order valence-corrected chi connectivity index (χ1v) is 6.96. The quantitative estimate of drug-likeness (QED) is 0.651. The summed E-state index contributed by atoms with van der Waals surface area (Å²) in [6.45, 7) is 0.397. The molecule has 0 heterocycles. The number of thiocarbonyl (C=S) groups is 1. The Morgan fingerprint density at radius 2 is 1.67 bits per heavy atom. The summed E-state index contributed by atoms with van der Waals surface area (Å²) in [4.78, 5) is 0.257. The fourth-order valence-electron chi connectivity index (χ4n) is 1.69. The Morgan fingerprint density at radius 3 is 2.38 bits per heavy atom. The van der Waals surface area contributed by atoms with Crippen molar-refractivity contribution >= 4 is 28.8 Å². The second kappa shape index (κ2) is 7.24. The second-order valence-electron chi connectivity index (χ2n) is 4.11. The van der Waals surface area contributed by atoms with Gasteiger partial charge in [-0.3, -0.25) is 0 Å². The first-order valence-electron chi connectivity index (χ1n) is 6.18. The molecule has 2 N–H and O–H groups in total. The summed E-state index contributed by atoms with van der Waals surface area (Å²) in [5.74, 6) is 0.0802. The number of ether oxygens (including phenoxy) is 2. The van der Waals surface area contributed by atoms with Gasteiger partial charge in [0.25, 0.3) is 0 Å². The molecule has 21 heavy (non-hydrogen) atoms. The van der Waals surface area contributed by atoms with Crippen molar-refractivity contribution in [3.63, 3.8) is 0 Å². The highest BCUT2D eigenvalue weighted by Crippen LogP contribution is 2.24. The number of rotatable bonds is 6. The first kappa shape index (κ1) is 15.5. The van der Waals surface area contributed by atoms with Gasteiger partial charge in [-0.15, -0.1) is 0 Å². The molecule has 3 nitrogen and oxygen atoms in total. The van der Waals surface area contributed by atoms with E-state index >= 15 is 0 Å². The van der Waals surface area contributed by atoms with Crippen LogP contribution in [0, 0.1) is 5.82 Å². The molecule has 0 fully saturated rings. The van der Waals surface area contributed by atoms with Crippen molar-refractivity contribution in [3.8, 4) is 11.5 Å². The van der Waals surface area contributed by atoms with Gasteiger partial charge in [-0.2, -0.15) is 0 Å². The van der Waals surface area contributed by atoms with E-state index < -0.39 is 5.82 Å². The van der Waals surface area contributed by atoms with Gasteiger partial charge < -0.3 is 15.2 Å². The van der Waals surface area contributed by atoms with E-state index in [9.17, 15) is 4.39 Å². The lowest BCUT2D eigenvalue weighted by Gasteiger charge is -2.11. The van der Waals surface area contributed by atoms with E-state index in [0.29, 0.717) is 11.3 Å². The van der Waals surface area contributed by atoms with Gasteiger partial charge in [-0.25, -0.2) is 4.39 Å². The second-order valence-corrected chi connectivity index (χ2v) is 4.96. The van der Waals surface area contributed by atoms with Crippen LogP contribution in [0.15, 0.2) is 42.5 Å². The molecule has 110 valence electrons. The summed E-state index contributed by atoms with van der Waals surface area (Å²) in [6, 6.07) is 11.7. The van der Waals surface area contributed by atoms with Crippen molar-refractivity contribution in [1.29, 1.82) is 0 Å². The highest BCUT2D eigenvalue weighted by Gasteiger charge is 2.08. The molecule has 0 spiro atoms. The number of nitrogens with two attached hydrogens (primary N) is 1. The third-order valence-electron chi connectivity index (χ3n) is 2.67. The van der Waals surface area contributed by atoms with Gasteiger partial charge in [0.1, 0.15) is 24.0 Å². The SMILES string of the molecule is NC(=S)c1ccccc1OCCOc1cccc(Cl)c1F. The van der Waals surface area contributed by atoms with Crippen LogP contribution in [0.25, 0.3) is 0 Å². The molecule has 6 heteroatoms. The minimum atomic E-state index is -0.581. The molecule has 2 rings (SSSR count). The molecular formula is C15H13ClFNO2S. The summed E-state index contributed by atoms with van der Waals surface area (Å²) in [5, 5.41) is 0.0206. The molecule has 0 unspecified atom stereocenters. The van der Waals surface area contributed by atoms with Crippen LogP contribution in [-0.4, -0.2) is 18.2 Å². The predicted molar refractivity (Wildman–Crippen MR) is 84.7 cm³/mol. The van der Waals surface area contributed by atoms with E-state index in [1.807, 2.05) is 12.1 Å². The summed E-state index contributed by atoms with van der Waals surface area (Å²) in [5.41, 5.74) is 6.26. The maximum atomic E-state index is 13.6. The number of para-hydroxylation sites is 1. The molecule has 0 bridgehead atoms. The molecule has 2 aromatic carbocycles. The van der Waals surface area contributed by atoms with Crippen LogP contribution < -0.4 is 15.2 Å². The number of halogens is 2. The van der Waals surface area contributed by atoms with Gasteiger partial charge in [0.05, 0.1) is 10.6 Å². The molecule has 0 saturated carbocycles. The smallest absolute Gasteiger partial charge is 0.183 e. The molecule has 0 aliphatic heterocycles. The Hall–Kier alpha value is -1.85. The molecule has 0 aromatic heterocycles. The monoisotopic (exact) mass is 325 g/mol. The zero-order valence-corrected chi connectivity index (χ0v) is 12.6. The van der Waals surface area contributed by atoms with E-state index in [4.69, 9.17) is 39.0 Å². The van der Waals surface area contributed by atoms with Crippen LogP contribution in [-0.2, 0) is 0 Å². The standard InChI is InChI=1S/C15H13ClFNO2S/c16-11-5-3-7-13(14(11)17)20-9-8-19-12-6-2-1-4-10(12)15(18)21/h1-7H,8-9H2,(H2,18,21). The minimum absolute atomic E-state index is 0.0206. The molecule has 0 radical (unpaired) electrons. The maximum Gasteiger partial charge on any atom is 0.183 e. The molecule has 0 aliphatic carbocycles. The zero-order chi connectivity index (χ0) is 15.2. The van der Waals surface area contributed by atoms with Crippen LogP contribution in [0.3, 0.4) is 0 Å². The predicted octanol–water partition coefficient (Wildman–Crippen LogP) is 3.57. The average Bonchev–Trinajstić information content (AvgIpc) is 2.48. The van der Waals surface area contributed by atoms with Gasteiger partial charge in [-0.1, -0.05) is 42.0 Å². The normalized spacial score (nSPS) is 10.2. The third-order valence-corrected chi connectivity index (χ3v) is 3.18. The van der Waals surface area contributed by atoms with Crippen molar-refractivity contribution < 1.29 is 13.9 Å². The van der Waals surface area contributed by atoms with E-state index in [1.165, 1.54) is 12.1 Å². The third kappa shape index (κ3) is 4.06. The molecular weight excluding hydrogens is 313 g/mol. The summed E-state index contributed by atoms with van der Waals surface area (Å²) in [6.07, 6.45) is 0. The van der Waals surface area contributed by atoms with Crippen LogP contribution in [0.1, 0.15) is 5.56 Å². The maximum absolute atomic E-state index is 13.6. The average molecular weight is 326 g/mol. The molecule has 2 aromatic rings. The Labute approximate surface area is 132 Å². The molecule has 0 amide bonds. The molecule has 0 atom stereocenters. The lowest BCUT2D eigenvalue weighted by Crippen LogP contribution is -2.14. The molecule has 0 aliphatic rings. The van der Waals surface area contributed by atoms with Gasteiger partial charge >= 0.3 is 0 Å². The van der Waals surface area contributed by atoms with Gasteiger partial charge in [0.15, 0.2) is 11.6 Å². The van der Waals surface area contributed by atoms with E-state index in [2.05, 4.69) is 0 Å².